The van der Waals surface area contributed by atoms with Crippen molar-refractivity contribution in [1.29, 1.82) is 0 Å². The van der Waals surface area contributed by atoms with Gasteiger partial charge >= 0.3 is 5.97 Å². The van der Waals surface area contributed by atoms with Crippen LogP contribution in [0, 0.1) is 0 Å². The van der Waals surface area contributed by atoms with E-state index < -0.39 is 17.5 Å². The molecular weight excluding hydrogens is 236 g/mol. The number of hydrogen-bond donors (Lipinski definition) is 3. The first-order valence-corrected chi connectivity index (χ1v) is 5.20. The molecule has 0 unspecified atom stereocenters. The van der Waals surface area contributed by atoms with E-state index in [-0.39, 0.29) is 5.56 Å². The third kappa shape index (κ3) is 3.99. The van der Waals surface area contributed by atoms with Crippen LogP contribution in [-0.2, 0) is 4.79 Å². The summed E-state index contributed by atoms with van der Waals surface area (Å²) in [4.78, 5) is 21.9. The first-order valence-electron chi connectivity index (χ1n) is 5.20. The second kappa shape index (κ2) is 5.42. The summed E-state index contributed by atoms with van der Waals surface area (Å²) in [7, 11) is 0. The number of amides is 1. The molecule has 0 saturated heterocycles. The zero-order chi connectivity index (χ0) is 13.8. The summed E-state index contributed by atoms with van der Waals surface area (Å²) in [6.45, 7) is 2.69. The minimum absolute atomic E-state index is 0.174. The first kappa shape index (κ1) is 13.9. The molecule has 0 spiro atoms. The van der Waals surface area contributed by atoms with Crippen LogP contribution in [-0.4, -0.2) is 33.9 Å². The Balaban J connectivity index is 2.63. The van der Waals surface area contributed by atoms with Gasteiger partial charge in [0.1, 0.15) is 5.60 Å². The van der Waals surface area contributed by atoms with Crippen LogP contribution in [0.15, 0.2) is 29.4 Å². The Kier molecular flexibility index (Phi) is 4.17. The molecule has 1 rings (SSSR count). The third-order valence-electron chi connectivity index (χ3n) is 2.09. The van der Waals surface area contributed by atoms with E-state index in [1.54, 1.807) is 12.1 Å². The van der Waals surface area contributed by atoms with Crippen LogP contribution in [0.3, 0.4) is 0 Å². The second-order valence-corrected chi connectivity index (χ2v) is 4.19. The number of benzene rings is 1. The molecule has 3 N–H and O–H groups in total. The SMILES string of the molecule is CC(C)(O)C(=O)NN=Cc1ccc(C(=O)O)cc1. The molecule has 0 bridgehead atoms. The lowest BCUT2D eigenvalue weighted by Crippen LogP contribution is -2.39. The number of nitrogens with zero attached hydrogens (tertiary/aromatic N) is 1. The number of rotatable bonds is 4. The van der Waals surface area contributed by atoms with E-state index in [0.717, 1.165) is 0 Å². The molecule has 0 heterocycles. The van der Waals surface area contributed by atoms with Gasteiger partial charge in [-0.1, -0.05) is 12.1 Å². The summed E-state index contributed by atoms with van der Waals surface area (Å²) in [6, 6.07) is 5.98. The van der Waals surface area contributed by atoms with E-state index in [1.807, 2.05) is 0 Å². The van der Waals surface area contributed by atoms with Crippen LogP contribution in [0.25, 0.3) is 0 Å². The van der Waals surface area contributed by atoms with E-state index >= 15 is 0 Å². The molecule has 1 aromatic carbocycles. The highest BCUT2D eigenvalue weighted by molar-refractivity contribution is 5.89. The number of carbonyl (C=O) groups excluding carboxylic acids is 1. The number of hydrogen-bond acceptors (Lipinski definition) is 4. The topological polar surface area (TPSA) is 99.0 Å². The summed E-state index contributed by atoms with van der Waals surface area (Å²) < 4.78 is 0. The lowest BCUT2D eigenvalue weighted by Gasteiger charge is -2.13. The van der Waals surface area contributed by atoms with Crippen LogP contribution in [0.5, 0.6) is 0 Å². The standard InChI is InChI=1S/C12H14N2O4/c1-12(2,18)11(17)14-13-7-8-3-5-9(6-4-8)10(15)16/h3-7,18H,1-2H3,(H,14,17)(H,15,16). The second-order valence-electron chi connectivity index (χ2n) is 4.19. The molecule has 1 aromatic rings. The largest absolute Gasteiger partial charge is 0.478 e. The number of aliphatic hydroxyl groups is 1. The van der Waals surface area contributed by atoms with E-state index in [4.69, 9.17) is 5.11 Å². The quantitative estimate of drug-likeness (QED) is 0.538. The number of hydrazone groups is 1. The first-order chi connectivity index (χ1) is 8.30. The molecule has 0 aliphatic rings. The van der Waals surface area contributed by atoms with Gasteiger partial charge in [-0.05, 0) is 31.5 Å². The van der Waals surface area contributed by atoms with Crippen LogP contribution >= 0.6 is 0 Å². The molecule has 0 saturated carbocycles. The van der Waals surface area contributed by atoms with Gasteiger partial charge < -0.3 is 10.2 Å². The van der Waals surface area contributed by atoms with Crippen LogP contribution < -0.4 is 5.43 Å². The van der Waals surface area contributed by atoms with Gasteiger partial charge in [-0.15, -0.1) is 0 Å². The summed E-state index contributed by atoms with van der Waals surface area (Å²) >= 11 is 0. The smallest absolute Gasteiger partial charge is 0.335 e. The van der Waals surface area contributed by atoms with E-state index in [0.29, 0.717) is 5.56 Å². The monoisotopic (exact) mass is 250 g/mol. The fraction of sp³-hybridized carbons (Fsp3) is 0.250. The average molecular weight is 250 g/mol. The van der Waals surface area contributed by atoms with E-state index in [2.05, 4.69) is 10.5 Å². The number of carbonyl (C=O) groups is 2. The molecule has 6 heteroatoms. The van der Waals surface area contributed by atoms with Crippen LogP contribution in [0.2, 0.25) is 0 Å². The molecule has 0 atom stereocenters. The van der Waals surface area contributed by atoms with Crippen molar-refractivity contribution in [3.05, 3.63) is 35.4 Å². The normalized spacial score (nSPS) is 11.5. The lowest BCUT2D eigenvalue weighted by atomic mass is 10.1. The summed E-state index contributed by atoms with van der Waals surface area (Å²) in [5.41, 5.74) is 1.49. The predicted octanol–water partition coefficient (Wildman–Crippen LogP) is 0.606. The predicted molar refractivity (Wildman–Crippen MR) is 65.4 cm³/mol. The maximum absolute atomic E-state index is 11.2. The molecular formula is C12H14N2O4. The fourth-order valence-corrected chi connectivity index (χ4v) is 1.01. The van der Waals surface area contributed by atoms with Crippen molar-refractivity contribution in [2.45, 2.75) is 19.4 Å². The Labute approximate surface area is 104 Å². The molecule has 0 aliphatic heterocycles. The van der Waals surface area contributed by atoms with Crippen molar-refractivity contribution >= 4 is 18.1 Å². The Morgan fingerprint density at radius 2 is 1.83 bits per heavy atom. The van der Waals surface area contributed by atoms with Gasteiger partial charge in [-0.25, -0.2) is 10.2 Å². The van der Waals surface area contributed by atoms with Gasteiger partial charge in [0.25, 0.3) is 5.91 Å². The molecule has 18 heavy (non-hydrogen) atoms. The van der Waals surface area contributed by atoms with Crippen molar-refractivity contribution in [3.8, 4) is 0 Å². The van der Waals surface area contributed by atoms with Gasteiger partial charge in [-0.3, -0.25) is 4.79 Å². The zero-order valence-electron chi connectivity index (χ0n) is 10.0. The Morgan fingerprint density at radius 3 is 2.28 bits per heavy atom. The molecule has 0 fully saturated rings. The molecule has 96 valence electrons. The van der Waals surface area contributed by atoms with Gasteiger partial charge in [0.15, 0.2) is 0 Å². The number of aromatic carboxylic acids is 1. The summed E-state index contributed by atoms with van der Waals surface area (Å²) in [5, 5.41) is 21.7. The maximum Gasteiger partial charge on any atom is 0.335 e. The van der Waals surface area contributed by atoms with Gasteiger partial charge in [0, 0.05) is 0 Å². The van der Waals surface area contributed by atoms with Crippen LogP contribution in [0.1, 0.15) is 29.8 Å². The molecule has 0 aliphatic carbocycles. The third-order valence-corrected chi connectivity index (χ3v) is 2.09. The minimum atomic E-state index is -1.50. The number of carboxylic acid groups (broad SMARTS) is 1. The van der Waals surface area contributed by atoms with Gasteiger partial charge in [0.2, 0.25) is 0 Å². The molecule has 1 amide bonds. The van der Waals surface area contributed by atoms with Crippen molar-refractivity contribution in [2.75, 3.05) is 0 Å². The Morgan fingerprint density at radius 1 is 1.28 bits per heavy atom. The van der Waals surface area contributed by atoms with E-state index in [1.165, 1.54) is 32.2 Å². The summed E-state index contributed by atoms with van der Waals surface area (Å²) in [6.07, 6.45) is 1.36. The van der Waals surface area contributed by atoms with Gasteiger partial charge in [-0.2, -0.15) is 5.10 Å². The van der Waals surface area contributed by atoms with Crippen LogP contribution in [0.4, 0.5) is 0 Å². The lowest BCUT2D eigenvalue weighted by molar-refractivity contribution is -0.136. The number of nitrogens with one attached hydrogen (secondary N) is 1. The van der Waals surface area contributed by atoms with Crippen molar-refractivity contribution in [1.82, 2.24) is 5.43 Å². The fourth-order valence-electron chi connectivity index (χ4n) is 1.01. The maximum atomic E-state index is 11.2. The highest BCUT2D eigenvalue weighted by atomic mass is 16.4. The Bertz CT molecular complexity index is 472. The molecule has 0 aromatic heterocycles. The van der Waals surface area contributed by atoms with Crippen molar-refractivity contribution in [2.24, 2.45) is 5.10 Å². The zero-order valence-corrected chi connectivity index (χ0v) is 10.0. The average Bonchev–Trinajstić information content (AvgIpc) is 2.28. The molecule has 6 nitrogen and oxygen atoms in total. The number of carboxylic acids is 1. The minimum Gasteiger partial charge on any atom is -0.478 e. The van der Waals surface area contributed by atoms with E-state index in [9.17, 15) is 14.7 Å². The highest BCUT2D eigenvalue weighted by Crippen LogP contribution is 2.03. The van der Waals surface area contributed by atoms with Crippen molar-refractivity contribution < 1.29 is 19.8 Å². The highest BCUT2D eigenvalue weighted by Gasteiger charge is 2.22. The van der Waals surface area contributed by atoms with Crippen molar-refractivity contribution in [3.63, 3.8) is 0 Å². The Hall–Kier alpha value is -2.21. The molecule has 0 radical (unpaired) electrons. The summed E-state index contributed by atoms with van der Waals surface area (Å²) in [5.74, 6) is -1.63. The van der Waals surface area contributed by atoms with Gasteiger partial charge in [0.05, 0.1) is 11.8 Å².